The number of ether oxygens (including phenoxy) is 3. The Morgan fingerprint density at radius 3 is 2.69 bits per heavy atom. The number of carbonyl (C=O) groups is 1. The van der Waals surface area contributed by atoms with Crippen molar-refractivity contribution in [3.8, 4) is 17.4 Å². The maximum absolute atomic E-state index is 12.7. The van der Waals surface area contributed by atoms with Gasteiger partial charge in [-0.05, 0) is 31.2 Å². The molecule has 2 aromatic rings. The number of fused-ring (bicyclic) bond motifs is 1. The molecule has 26 heavy (non-hydrogen) atoms. The number of hydrogen-bond donors (Lipinski definition) is 0. The summed E-state index contributed by atoms with van der Waals surface area (Å²) < 4.78 is 53.8. The van der Waals surface area contributed by atoms with Gasteiger partial charge in [0.2, 0.25) is 11.5 Å². The summed E-state index contributed by atoms with van der Waals surface area (Å²) in [6.07, 6.45) is -3.63. The van der Waals surface area contributed by atoms with Gasteiger partial charge in [0.25, 0.3) is 0 Å². The maximum atomic E-state index is 12.7. The third-order valence-corrected chi connectivity index (χ3v) is 4.13. The average Bonchev–Trinajstić information content (AvgIpc) is 2.91. The van der Waals surface area contributed by atoms with Crippen molar-refractivity contribution in [1.82, 2.24) is 4.98 Å². The van der Waals surface area contributed by atoms with Crippen LogP contribution < -0.4 is 9.47 Å². The molecule has 0 aliphatic carbocycles. The van der Waals surface area contributed by atoms with E-state index in [0.717, 1.165) is 6.07 Å². The van der Waals surface area contributed by atoms with E-state index < -0.39 is 23.3 Å². The Hall–Kier alpha value is -2.48. The van der Waals surface area contributed by atoms with Gasteiger partial charge in [-0.3, -0.25) is 0 Å². The van der Waals surface area contributed by atoms with Gasteiger partial charge in [-0.25, -0.2) is 9.78 Å². The summed E-state index contributed by atoms with van der Waals surface area (Å²) in [6, 6.07) is 5.49. The predicted molar refractivity (Wildman–Crippen MR) is 85.5 cm³/mol. The first-order chi connectivity index (χ1) is 12.1. The van der Waals surface area contributed by atoms with Crippen molar-refractivity contribution in [2.24, 2.45) is 0 Å². The highest BCUT2D eigenvalue weighted by atomic mass is 35.5. The summed E-state index contributed by atoms with van der Waals surface area (Å²) >= 11 is 5.83. The minimum absolute atomic E-state index is 0.158. The van der Waals surface area contributed by atoms with Crippen LogP contribution in [0, 0.1) is 0 Å². The van der Waals surface area contributed by atoms with Crippen molar-refractivity contribution in [2.75, 3.05) is 7.11 Å². The van der Waals surface area contributed by atoms with Crippen LogP contribution in [0.4, 0.5) is 13.2 Å². The van der Waals surface area contributed by atoms with Crippen molar-refractivity contribution in [1.29, 1.82) is 0 Å². The molecule has 0 amide bonds. The molecule has 138 valence electrons. The fourth-order valence-electron chi connectivity index (χ4n) is 2.60. The summed E-state index contributed by atoms with van der Waals surface area (Å²) in [7, 11) is 1.27. The van der Waals surface area contributed by atoms with E-state index in [-0.39, 0.29) is 17.3 Å². The molecule has 0 fully saturated rings. The third kappa shape index (κ3) is 3.41. The zero-order valence-electron chi connectivity index (χ0n) is 13.7. The highest BCUT2D eigenvalue weighted by molar-refractivity contribution is 6.31. The van der Waals surface area contributed by atoms with Crippen LogP contribution in [0.15, 0.2) is 30.5 Å². The van der Waals surface area contributed by atoms with E-state index in [9.17, 15) is 18.0 Å². The molecular formula is C17H13ClF3NO4. The number of benzene rings is 1. The van der Waals surface area contributed by atoms with Gasteiger partial charge >= 0.3 is 12.1 Å². The lowest BCUT2D eigenvalue weighted by Gasteiger charge is -2.20. The van der Waals surface area contributed by atoms with E-state index in [4.69, 9.17) is 25.8 Å². The number of pyridine rings is 1. The summed E-state index contributed by atoms with van der Waals surface area (Å²) in [5.74, 6) is 0.130. The monoisotopic (exact) mass is 387 g/mol. The number of halogens is 4. The molecule has 0 bridgehead atoms. The van der Waals surface area contributed by atoms with Crippen LogP contribution in [0.1, 0.15) is 18.1 Å². The van der Waals surface area contributed by atoms with Gasteiger partial charge in [-0.15, -0.1) is 0 Å². The minimum atomic E-state index is -4.54. The fourth-order valence-corrected chi connectivity index (χ4v) is 2.80. The molecule has 1 aromatic carbocycles. The Labute approximate surface area is 151 Å². The first kappa shape index (κ1) is 18.3. The topological polar surface area (TPSA) is 57.7 Å². The molecule has 1 aromatic heterocycles. The molecule has 1 aliphatic heterocycles. The number of methoxy groups -OCH3 is 1. The highest BCUT2D eigenvalue weighted by Gasteiger charge is 2.43. The molecule has 0 saturated heterocycles. The molecular weight excluding hydrogens is 375 g/mol. The number of hydrogen-bond acceptors (Lipinski definition) is 5. The van der Waals surface area contributed by atoms with Gasteiger partial charge in [0.05, 0.1) is 12.7 Å². The molecule has 1 unspecified atom stereocenters. The van der Waals surface area contributed by atoms with Crippen molar-refractivity contribution < 1.29 is 32.2 Å². The van der Waals surface area contributed by atoms with Crippen molar-refractivity contribution >= 4 is 17.6 Å². The van der Waals surface area contributed by atoms with Gasteiger partial charge in [0.1, 0.15) is 16.5 Å². The van der Waals surface area contributed by atoms with Gasteiger partial charge < -0.3 is 14.2 Å². The van der Waals surface area contributed by atoms with Crippen molar-refractivity contribution in [3.63, 3.8) is 0 Å². The summed E-state index contributed by atoms with van der Waals surface area (Å²) in [5.41, 5.74) is -1.41. The molecule has 0 saturated carbocycles. The lowest BCUT2D eigenvalue weighted by atomic mass is 9.99. The second kappa shape index (κ2) is 6.35. The van der Waals surface area contributed by atoms with Crippen LogP contribution in [0.5, 0.6) is 17.4 Å². The third-order valence-electron chi connectivity index (χ3n) is 3.86. The number of carbonyl (C=O) groups excluding carboxylic acids is 1. The Morgan fingerprint density at radius 2 is 2.08 bits per heavy atom. The Bertz CT molecular complexity index is 872. The zero-order chi connectivity index (χ0) is 19.1. The van der Waals surface area contributed by atoms with Crippen LogP contribution >= 0.6 is 11.6 Å². The number of rotatable bonds is 3. The Kier molecular flexibility index (Phi) is 4.47. The smallest absolute Gasteiger partial charge is 0.417 e. The molecule has 1 atom stereocenters. The average molecular weight is 388 g/mol. The van der Waals surface area contributed by atoms with E-state index in [1.807, 2.05) is 0 Å². The van der Waals surface area contributed by atoms with E-state index in [1.165, 1.54) is 13.2 Å². The van der Waals surface area contributed by atoms with E-state index in [1.54, 1.807) is 19.1 Å². The highest BCUT2D eigenvalue weighted by Crippen LogP contribution is 2.40. The molecule has 0 N–H and O–H groups in total. The first-order valence-corrected chi connectivity index (χ1v) is 7.81. The summed E-state index contributed by atoms with van der Waals surface area (Å²) in [5, 5.41) is -0.268. The first-order valence-electron chi connectivity index (χ1n) is 7.43. The Morgan fingerprint density at radius 1 is 1.35 bits per heavy atom. The van der Waals surface area contributed by atoms with Crippen LogP contribution in [0.2, 0.25) is 5.02 Å². The van der Waals surface area contributed by atoms with Crippen LogP contribution in [-0.4, -0.2) is 23.7 Å². The summed E-state index contributed by atoms with van der Waals surface area (Å²) in [4.78, 5) is 15.5. The molecule has 5 nitrogen and oxygen atoms in total. The minimum Gasteiger partial charge on any atom is -0.475 e. The maximum Gasteiger partial charge on any atom is 0.417 e. The second-order valence-electron chi connectivity index (χ2n) is 5.88. The molecule has 0 spiro atoms. The molecule has 3 rings (SSSR count). The van der Waals surface area contributed by atoms with Crippen molar-refractivity contribution in [2.45, 2.75) is 25.1 Å². The van der Waals surface area contributed by atoms with Crippen LogP contribution in [-0.2, 0) is 22.1 Å². The predicted octanol–water partition coefficient (Wildman–Crippen LogP) is 4.41. The van der Waals surface area contributed by atoms with Crippen molar-refractivity contribution in [3.05, 3.63) is 46.6 Å². The van der Waals surface area contributed by atoms with E-state index >= 15 is 0 Å². The normalized spacial score (nSPS) is 18.8. The zero-order valence-corrected chi connectivity index (χ0v) is 14.4. The van der Waals surface area contributed by atoms with E-state index in [0.29, 0.717) is 23.3 Å². The van der Waals surface area contributed by atoms with Gasteiger partial charge in [-0.1, -0.05) is 11.6 Å². The standard InChI is InChI=1S/C17H13ClF3NO4/c1-16(15(23)24-2)7-9-5-11(3-4-13(9)26-16)25-14-12(18)6-10(8-22-14)17(19,20)21/h3-6,8H,7H2,1-2H3. The van der Waals surface area contributed by atoms with Gasteiger partial charge in [-0.2, -0.15) is 13.2 Å². The summed E-state index contributed by atoms with van der Waals surface area (Å²) in [6.45, 7) is 1.60. The molecule has 9 heteroatoms. The number of nitrogens with zero attached hydrogens (tertiary/aromatic N) is 1. The number of esters is 1. The second-order valence-corrected chi connectivity index (χ2v) is 6.29. The molecule has 0 radical (unpaired) electrons. The van der Waals surface area contributed by atoms with Crippen LogP contribution in [0.3, 0.4) is 0 Å². The largest absolute Gasteiger partial charge is 0.475 e. The molecule has 2 heterocycles. The Balaban J connectivity index is 1.82. The number of alkyl halides is 3. The quantitative estimate of drug-likeness (QED) is 0.730. The fraction of sp³-hybridized carbons (Fsp3) is 0.294. The molecule has 1 aliphatic rings. The van der Waals surface area contributed by atoms with Gasteiger partial charge in [0.15, 0.2) is 0 Å². The van der Waals surface area contributed by atoms with Gasteiger partial charge in [0, 0.05) is 18.2 Å². The lowest BCUT2D eigenvalue weighted by Crippen LogP contribution is -2.40. The van der Waals surface area contributed by atoms with E-state index in [2.05, 4.69) is 4.98 Å². The number of aromatic nitrogens is 1. The van der Waals surface area contributed by atoms with Crippen LogP contribution in [0.25, 0.3) is 0 Å². The lowest BCUT2D eigenvalue weighted by molar-refractivity contribution is -0.156. The SMILES string of the molecule is COC(=O)C1(C)Cc2cc(Oc3ncc(C(F)(F)F)cc3Cl)ccc2O1.